The third-order valence-corrected chi connectivity index (χ3v) is 5.49. The fraction of sp³-hybridized carbons (Fsp3) is 0.273. The molecule has 2 aromatic rings. The molecule has 162 valence electrons. The Morgan fingerprint density at radius 1 is 1.13 bits per heavy atom. The Morgan fingerprint density at radius 3 is 2.42 bits per heavy atom. The van der Waals surface area contributed by atoms with Crippen LogP contribution in [0.15, 0.2) is 47.7 Å². The predicted octanol–water partition coefficient (Wildman–Crippen LogP) is 3.53. The van der Waals surface area contributed by atoms with Gasteiger partial charge in [0.15, 0.2) is 16.6 Å². The molecule has 0 bridgehead atoms. The SMILES string of the molecule is CC1=C(C(=O)N(C)C)[C@H](c2c(F)cccc2F)NC(=S)N1c1ccc2c(c1)OCCO2. The molecule has 0 fully saturated rings. The van der Waals surface area contributed by atoms with Gasteiger partial charge in [-0.1, -0.05) is 6.07 Å². The van der Waals surface area contributed by atoms with Crippen molar-refractivity contribution in [2.24, 2.45) is 0 Å². The van der Waals surface area contributed by atoms with Crippen molar-refractivity contribution in [1.82, 2.24) is 10.2 Å². The number of nitrogens with one attached hydrogen (secondary N) is 1. The monoisotopic (exact) mass is 445 g/mol. The third kappa shape index (κ3) is 3.69. The maximum absolute atomic E-state index is 14.6. The third-order valence-electron chi connectivity index (χ3n) is 5.19. The molecule has 9 heteroatoms. The molecule has 2 aliphatic heterocycles. The number of rotatable bonds is 3. The van der Waals surface area contributed by atoms with Crippen molar-refractivity contribution in [3.63, 3.8) is 0 Å². The largest absolute Gasteiger partial charge is 0.486 e. The van der Waals surface area contributed by atoms with Crippen molar-refractivity contribution in [2.75, 3.05) is 32.2 Å². The minimum absolute atomic E-state index is 0.192. The van der Waals surface area contributed by atoms with Crippen LogP contribution in [-0.4, -0.2) is 43.2 Å². The van der Waals surface area contributed by atoms with Gasteiger partial charge in [0.2, 0.25) is 0 Å². The quantitative estimate of drug-likeness (QED) is 0.730. The topological polar surface area (TPSA) is 54.0 Å². The lowest BCUT2D eigenvalue weighted by molar-refractivity contribution is -0.125. The fourth-order valence-electron chi connectivity index (χ4n) is 3.75. The van der Waals surface area contributed by atoms with E-state index in [0.717, 1.165) is 12.1 Å². The van der Waals surface area contributed by atoms with Crippen molar-refractivity contribution in [3.8, 4) is 11.5 Å². The number of benzene rings is 2. The molecule has 0 aliphatic carbocycles. The van der Waals surface area contributed by atoms with Crippen LogP contribution in [0, 0.1) is 11.6 Å². The molecule has 2 heterocycles. The molecule has 1 amide bonds. The van der Waals surface area contributed by atoms with Crippen molar-refractivity contribution in [1.29, 1.82) is 0 Å². The molecule has 0 spiro atoms. The summed E-state index contributed by atoms with van der Waals surface area (Å²) in [5, 5.41) is 3.16. The lowest BCUT2D eigenvalue weighted by Crippen LogP contribution is -2.49. The van der Waals surface area contributed by atoms with Crippen LogP contribution in [0.2, 0.25) is 0 Å². The molecule has 2 aromatic carbocycles. The summed E-state index contributed by atoms with van der Waals surface area (Å²) < 4.78 is 40.5. The lowest BCUT2D eigenvalue weighted by atomic mass is 9.93. The van der Waals surface area contributed by atoms with E-state index in [-0.39, 0.29) is 22.2 Å². The van der Waals surface area contributed by atoms with E-state index in [2.05, 4.69) is 5.32 Å². The second-order valence-corrected chi connectivity index (χ2v) is 7.77. The molecule has 31 heavy (non-hydrogen) atoms. The molecule has 6 nitrogen and oxygen atoms in total. The van der Waals surface area contributed by atoms with Gasteiger partial charge in [0.05, 0.1) is 22.9 Å². The number of amides is 1. The molecule has 1 atom stereocenters. The number of likely N-dealkylation sites (N-methyl/N-ethyl adjacent to an activating group) is 1. The van der Waals surface area contributed by atoms with Gasteiger partial charge in [0.1, 0.15) is 24.8 Å². The Balaban J connectivity index is 1.87. The summed E-state index contributed by atoms with van der Waals surface area (Å²) in [5.74, 6) is -0.733. The summed E-state index contributed by atoms with van der Waals surface area (Å²) in [4.78, 5) is 16.1. The van der Waals surface area contributed by atoms with Crippen LogP contribution in [0.3, 0.4) is 0 Å². The molecular formula is C22H21F2N3O3S. The first-order valence-electron chi connectivity index (χ1n) is 9.66. The lowest BCUT2D eigenvalue weighted by Gasteiger charge is -2.39. The summed E-state index contributed by atoms with van der Waals surface area (Å²) in [7, 11) is 3.16. The van der Waals surface area contributed by atoms with E-state index in [1.807, 2.05) is 0 Å². The summed E-state index contributed by atoms with van der Waals surface area (Å²) in [5.41, 5.74) is 1.04. The van der Waals surface area contributed by atoms with Gasteiger partial charge in [-0.05, 0) is 43.4 Å². The van der Waals surface area contributed by atoms with E-state index in [4.69, 9.17) is 21.7 Å². The number of hydrogen-bond acceptors (Lipinski definition) is 4. The van der Waals surface area contributed by atoms with Gasteiger partial charge in [-0.2, -0.15) is 0 Å². The number of anilines is 1. The molecule has 1 N–H and O–H groups in total. The van der Waals surface area contributed by atoms with E-state index in [9.17, 15) is 13.6 Å². The van der Waals surface area contributed by atoms with E-state index < -0.39 is 17.7 Å². The smallest absolute Gasteiger partial charge is 0.253 e. The first-order valence-corrected chi connectivity index (χ1v) is 10.1. The number of allylic oxidation sites excluding steroid dienone is 1. The highest BCUT2D eigenvalue weighted by Crippen LogP contribution is 2.39. The minimum atomic E-state index is -1.07. The maximum atomic E-state index is 14.6. The van der Waals surface area contributed by atoms with Gasteiger partial charge in [-0.25, -0.2) is 8.78 Å². The predicted molar refractivity (Wildman–Crippen MR) is 116 cm³/mol. The Bertz CT molecular complexity index is 1080. The van der Waals surface area contributed by atoms with Gasteiger partial charge in [-0.15, -0.1) is 0 Å². The first-order chi connectivity index (χ1) is 14.8. The zero-order valence-electron chi connectivity index (χ0n) is 17.2. The van der Waals surface area contributed by atoms with E-state index >= 15 is 0 Å². The second kappa shape index (κ2) is 8.14. The van der Waals surface area contributed by atoms with E-state index in [0.29, 0.717) is 36.1 Å². The Morgan fingerprint density at radius 2 is 1.77 bits per heavy atom. The normalized spacial score (nSPS) is 18.0. The highest BCUT2D eigenvalue weighted by atomic mass is 32.1. The van der Waals surface area contributed by atoms with Gasteiger partial charge in [-0.3, -0.25) is 9.69 Å². The number of carbonyl (C=O) groups excluding carboxylic acids is 1. The minimum Gasteiger partial charge on any atom is -0.486 e. The van der Waals surface area contributed by atoms with Crippen LogP contribution >= 0.6 is 12.2 Å². The standard InChI is InChI=1S/C22H21F2N3O3S/c1-12-18(21(28)26(2)3)20(19-14(23)5-4-6-15(19)24)25-22(31)27(12)13-7-8-16-17(11-13)30-10-9-29-16/h4-8,11,20H,9-10H2,1-3H3,(H,25,31)/t20-/m1/s1. The molecule has 0 unspecified atom stereocenters. The van der Waals surface area contributed by atoms with Crippen molar-refractivity contribution < 1.29 is 23.0 Å². The van der Waals surface area contributed by atoms with Crippen LogP contribution in [0.5, 0.6) is 11.5 Å². The zero-order valence-corrected chi connectivity index (χ0v) is 18.1. The molecule has 4 rings (SSSR count). The van der Waals surface area contributed by atoms with Crippen LogP contribution < -0.4 is 19.7 Å². The van der Waals surface area contributed by atoms with E-state index in [1.54, 1.807) is 44.1 Å². The molecule has 0 saturated carbocycles. The van der Waals surface area contributed by atoms with Gasteiger partial charge < -0.3 is 19.7 Å². The van der Waals surface area contributed by atoms with Crippen molar-refractivity contribution in [2.45, 2.75) is 13.0 Å². The number of ether oxygens (including phenoxy) is 2. The molecule has 0 radical (unpaired) electrons. The Hall–Kier alpha value is -3.20. The van der Waals surface area contributed by atoms with Crippen LogP contribution in [-0.2, 0) is 4.79 Å². The highest BCUT2D eigenvalue weighted by molar-refractivity contribution is 7.80. The number of carbonyl (C=O) groups is 1. The summed E-state index contributed by atoms with van der Waals surface area (Å²) >= 11 is 5.55. The summed E-state index contributed by atoms with van der Waals surface area (Å²) in [6, 6.07) is 7.82. The average Bonchev–Trinajstić information content (AvgIpc) is 2.73. The summed E-state index contributed by atoms with van der Waals surface area (Å²) in [6.45, 7) is 2.59. The van der Waals surface area contributed by atoms with E-state index in [1.165, 1.54) is 11.0 Å². The second-order valence-electron chi connectivity index (χ2n) is 7.38. The van der Waals surface area contributed by atoms with Crippen LogP contribution in [0.4, 0.5) is 14.5 Å². The van der Waals surface area contributed by atoms with Gasteiger partial charge in [0, 0.05) is 25.9 Å². The Kier molecular flexibility index (Phi) is 5.53. The van der Waals surface area contributed by atoms with Crippen LogP contribution in [0.25, 0.3) is 0 Å². The van der Waals surface area contributed by atoms with Crippen LogP contribution in [0.1, 0.15) is 18.5 Å². The highest BCUT2D eigenvalue weighted by Gasteiger charge is 2.38. The number of halogens is 2. The molecule has 2 aliphatic rings. The fourth-order valence-corrected chi connectivity index (χ4v) is 4.11. The number of nitrogens with zero attached hydrogens (tertiary/aromatic N) is 2. The number of fused-ring (bicyclic) bond motifs is 1. The molecule has 0 saturated heterocycles. The van der Waals surface area contributed by atoms with Crippen molar-refractivity contribution in [3.05, 3.63) is 64.9 Å². The maximum Gasteiger partial charge on any atom is 0.253 e. The molecular weight excluding hydrogens is 424 g/mol. The Labute approximate surface area is 184 Å². The van der Waals surface area contributed by atoms with Gasteiger partial charge >= 0.3 is 0 Å². The first kappa shape index (κ1) is 21.0. The summed E-state index contributed by atoms with van der Waals surface area (Å²) in [6.07, 6.45) is 0. The average molecular weight is 445 g/mol. The van der Waals surface area contributed by atoms with Crippen molar-refractivity contribution >= 4 is 28.9 Å². The number of hydrogen-bond donors (Lipinski definition) is 1. The zero-order chi connectivity index (χ0) is 22.3. The number of thiocarbonyl (C=S) groups is 1. The molecule has 0 aromatic heterocycles. The van der Waals surface area contributed by atoms with Gasteiger partial charge in [0.25, 0.3) is 5.91 Å².